The fourth-order valence-electron chi connectivity index (χ4n) is 0.0900. The summed E-state index contributed by atoms with van der Waals surface area (Å²) in [5, 5.41) is 22.9. The average molecular weight is 180 g/mol. The van der Waals surface area contributed by atoms with Crippen molar-refractivity contribution in [2.45, 2.75) is 6.92 Å². The Labute approximate surface area is 68.8 Å². The van der Waals surface area contributed by atoms with Crippen LogP contribution < -0.4 is 11.2 Å². The molecule has 1 unspecified atom stereocenters. The molecule has 0 saturated heterocycles. The highest BCUT2D eigenvalue weighted by Crippen LogP contribution is 1.86. The summed E-state index contributed by atoms with van der Waals surface area (Å²) in [6.45, 7) is 1.41. The fraction of sp³-hybridized carbons (Fsp3) is 0.600. The van der Waals surface area contributed by atoms with Gasteiger partial charge in [0.1, 0.15) is 0 Å². The number of aliphatic hydroxyl groups is 1. The lowest BCUT2D eigenvalue weighted by Crippen LogP contribution is -2.22. The van der Waals surface area contributed by atoms with Crippen LogP contribution in [0.4, 0.5) is 4.79 Å². The van der Waals surface area contributed by atoms with Gasteiger partial charge >= 0.3 is 6.09 Å². The minimum Gasteiger partial charge on any atom is -0.464 e. The first-order valence-corrected chi connectivity index (χ1v) is 2.98. The molecular weight excluding hydrogens is 168 g/mol. The summed E-state index contributed by atoms with van der Waals surface area (Å²) in [7, 11) is 0. The van der Waals surface area contributed by atoms with Crippen molar-refractivity contribution in [2.75, 3.05) is 6.61 Å². The zero-order valence-corrected chi connectivity index (χ0v) is 6.52. The molecule has 6 N–H and O–H groups in total. The monoisotopic (exact) mass is 180 g/mol. The number of primary amides is 1. The van der Waals surface area contributed by atoms with E-state index in [1.807, 2.05) is 0 Å². The van der Waals surface area contributed by atoms with Crippen molar-refractivity contribution >= 4 is 12.0 Å². The van der Waals surface area contributed by atoms with Gasteiger partial charge in [-0.1, -0.05) is 6.92 Å². The summed E-state index contributed by atoms with van der Waals surface area (Å²) < 4.78 is 0. The second kappa shape index (κ2) is 7.76. The number of carbonyl (C=O) groups excluding carboxylic acids is 1. The summed E-state index contributed by atoms with van der Waals surface area (Å²) in [5.41, 5.74) is 5.69. The highest BCUT2D eigenvalue weighted by atomic mass is 16.5. The fourth-order valence-corrected chi connectivity index (χ4v) is 0.0900. The van der Waals surface area contributed by atoms with Crippen LogP contribution in [-0.2, 0) is 4.79 Å². The Morgan fingerprint density at radius 1 is 1.58 bits per heavy atom. The Hall–Kier alpha value is -1.34. The molecule has 0 spiro atoms. The van der Waals surface area contributed by atoms with E-state index in [9.17, 15) is 4.79 Å². The largest absolute Gasteiger partial charge is 0.464 e. The van der Waals surface area contributed by atoms with Crippen molar-refractivity contribution in [1.29, 1.82) is 0 Å². The minimum absolute atomic E-state index is 0.157. The van der Waals surface area contributed by atoms with Gasteiger partial charge in [0.15, 0.2) is 0 Å². The van der Waals surface area contributed by atoms with E-state index >= 15 is 0 Å². The van der Waals surface area contributed by atoms with Gasteiger partial charge in [-0.25, -0.2) is 10.3 Å². The number of hydrogen-bond acceptors (Lipinski definition) is 4. The van der Waals surface area contributed by atoms with Crippen LogP contribution >= 0.6 is 0 Å². The second-order valence-corrected chi connectivity index (χ2v) is 1.90. The number of carbonyl (C=O) groups is 2. The Balaban J connectivity index is 0. The third-order valence-electron chi connectivity index (χ3n) is 0.855. The molecule has 0 bridgehead atoms. The molecule has 0 aliphatic rings. The molecule has 2 amide bonds. The van der Waals surface area contributed by atoms with Crippen molar-refractivity contribution < 1.29 is 25.0 Å². The van der Waals surface area contributed by atoms with E-state index in [2.05, 4.69) is 0 Å². The van der Waals surface area contributed by atoms with Gasteiger partial charge < -0.3 is 15.9 Å². The SMILES string of the molecule is CC(CO)C(N)=O.O=C(O)NO. The zero-order valence-electron chi connectivity index (χ0n) is 6.52. The van der Waals surface area contributed by atoms with E-state index < -0.39 is 17.9 Å². The number of carboxylic acid groups (broad SMARTS) is 1. The maximum atomic E-state index is 9.99. The van der Waals surface area contributed by atoms with E-state index in [0.717, 1.165) is 5.48 Å². The van der Waals surface area contributed by atoms with Crippen LogP contribution in [0.5, 0.6) is 0 Å². The normalized spacial score (nSPS) is 10.6. The first kappa shape index (κ1) is 13.3. The highest BCUT2D eigenvalue weighted by molar-refractivity contribution is 5.76. The summed E-state index contributed by atoms with van der Waals surface area (Å²) in [4.78, 5) is 19.0. The Kier molecular flexibility index (Phi) is 8.58. The molecule has 0 aromatic carbocycles. The van der Waals surface area contributed by atoms with Gasteiger partial charge in [0.25, 0.3) is 0 Å². The number of nitrogens with one attached hydrogen (secondary N) is 1. The lowest BCUT2D eigenvalue weighted by Gasteiger charge is -1.97. The van der Waals surface area contributed by atoms with E-state index in [-0.39, 0.29) is 6.61 Å². The quantitative estimate of drug-likeness (QED) is 0.267. The molecule has 0 aromatic heterocycles. The smallest absolute Gasteiger partial charge is 0.428 e. The van der Waals surface area contributed by atoms with Crippen LogP contribution in [-0.4, -0.2) is 34.0 Å². The predicted octanol–water partition coefficient (Wildman–Crippen LogP) is -1.26. The van der Waals surface area contributed by atoms with Crippen LogP contribution in [0, 0.1) is 5.92 Å². The van der Waals surface area contributed by atoms with Gasteiger partial charge in [-0.15, -0.1) is 0 Å². The van der Waals surface area contributed by atoms with Crippen molar-refractivity contribution in [3.8, 4) is 0 Å². The van der Waals surface area contributed by atoms with E-state index in [4.69, 9.17) is 25.9 Å². The summed E-state index contributed by atoms with van der Waals surface area (Å²) in [6, 6.07) is 0. The van der Waals surface area contributed by atoms with Crippen LogP contribution in [0.1, 0.15) is 6.92 Å². The molecule has 7 nitrogen and oxygen atoms in total. The van der Waals surface area contributed by atoms with Crippen LogP contribution in [0.15, 0.2) is 0 Å². The average Bonchev–Trinajstić information content (AvgIpc) is 2.04. The Bertz CT molecular complexity index is 149. The molecule has 0 rings (SSSR count). The molecular formula is C5H12N2O5. The first-order valence-electron chi connectivity index (χ1n) is 2.98. The van der Waals surface area contributed by atoms with E-state index in [1.165, 1.54) is 0 Å². The lowest BCUT2D eigenvalue weighted by atomic mass is 10.2. The molecule has 0 radical (unpaired) electrons. The molecule has 12 heavy (non-hydrogen) atoms. The van der Waals surface area contributed by atoms with Gasteiger partial charge in [0, 0.05) is 0 Å². The third kappa shape index (κ3) is 11.5. The Morgan fingerprint density at radius 3 is 1.92 bits per heavy atom. The lowest BCUT2D eigenvalue weighted by molar-refractivity contribution is -0.122. The van der Waals surface area contributed by atoms with Gasteiger partial charge in [0.2, 0.25) is 5.91 Å². The number of amides is 2. The molecule has 0 aliphatic carbocycles. The van der Waals surface area contributed by atoms with Crippen LogP contribution in [0.3, 0.4) is 0 Å². The topological polar surface area (TPSA) is 133 Å². The molecule has 72 valence electrons. The van der Waals surface area contributed by atoms with Gasteiger partial charge in [0.05, 0.1) is 12.5 Å². The van der Waals surface area contributed by atoms with Gasteiger partial charge in [-0.05, 0) is 0 Å². The van der Waals surface area contributed by atoms with Crippen molar-refractivity contribution in [3.63, 3.8) is 0 Å². The van der Waals surface area contributed by atoms with Crippen molar-refractivity contribution in [3.05, 3.63) is 0 Å². The molecule has 7 heteroatoms. The molecule has 0 aliphatic heterocycles. The number of rotatable bonds is 2. The number of nitrogens with two attached hydrogens (primary N) is 1. The van der Waals surface area contributed by atoms with Crippen LogP contribution in [0.25, 0.3) is 0 Å². The second-order valence-electron chi connectivity index (χ2n) is 1.90. The van der Waals surface area contributed by atoms with Crippen molar-refractivity contribution in [2.24, 2.45) is 11.7 Å². The number of aliphatic hydroxyl groups excluding tert-OH is 1. The molecule has 0 heterocycles. The highest BCUT2D eigenvalue weighted by Gasteiger charge is 2.03. The molecule has 0 fully saturated rings. The minimum atomic E-state index is -1.44. The van der Waals surface area contributed by atoms with Gasteiger partial charge in [-0.3, -0.25) is 10.0 Å². The summed E-state index contributed by atoms with van der Waals surface area (Å²) in [6.07, 6.45) is -1.44. The van der Waals surface area contributed by atoms with E-state index in [0.29, 0.717) is 0 Å². The molecule has 0 saturated carbocycles. The van der Waals surface area contributed by atoms with E-state index in [1.54, 1.807) is 6.92 Å². The molecule has 0 aromatic rings. The maximum Gasteiger partial charge on any atom is 0.428 e. The summed E-state index contributed by atoms with van der Waals surface area (Å²) >= 11 is 0. The predicted molar refractivity (Wildman–Crippen MR) is 38.4 cm³/mol. The standard InChI is InChI=1S/C4H9NO2.CH3NO3/c1-3(2-6)4(5)7;3-1(4)2-5/h3,6H,2H2,1H3,(H2,5,7);2,5H,(H,3,4). The van der Waals surface area contributed by atoms with Gasteiger partial charge in [-0.2, -0.15) is 0 Å². The maximum absolute atomic E-state index is 9.99. The number of hydroxylamine groups is 1. The Morgan fingerprint density at radius 2 is 1.92 bits per heavy atom. The summed E-state index contributed by atoms with van der Waals surface area (Å²) in [5.74, 6) is -0.859. The molecule has 1 atom stereocenters. The van der Waals surface area contributed by atoms with Crippen LogP contribution in [0.2, 0.25) is 0 Å². The van der Waals surface area contributed by atoms with Crippen molar-refractivity contribution in [1.82, 2.24) is 5.48 Å². The first-order chi connectivity index (χ1) is 5.45. The third-order valence-corrected chi connectivity index (χ3v) is 0.855. The zero-order chi connectivity index (χ0) is 10.1. The number of hydrogen-bond donors (Lipinski definition) is 5.